The van der Waals surface area contributed by atoms with Crippen molar-refractivity contribution in [1.29, 1.82) is 0 Å². The van der Waals surface area contributed by atoms with Crippen molar-refractivity contribution in [3.05, 3.63) is 46.5 Å². The van der Waals surface area contributed by atoms with E-state index in [2.05, 4.69) is 15.6 Å². The zero-order valence-electron chi connectivity index (χ0n) is 13.8. The highest BCUT2D eigenvalue weighted by molar-refractivity contribution is 7.15. The van der Waals surface area contributed by atoms with Gasteiger partial charge in [-0.3, -0.25) is 4.79 Å². The number of nitrogens with zero attached hydrogens (tertiary/aromatic N) is 1. The van der Waals surface area contributed by atoms with Crippen molar-refractivity contribution in [2.75, 3.05) is 18.4 Å². The summed E-state index contributed by atoms with van der Waals surface area (Å²) in [6.07, 6.45) is -0.556. The summed E-state index contributed by atoms with van der Waals surface area (Å²) in [5, 5.41) is 6.59. The van der Waals surface area contributed by atoms with Gasteiger partial charge in [-0.15, -0.1) is 23.7 Å². The summed E-state index contributed by atoms with van der Waals surface area (Å²) in [5.41, 5.74) is 0.114. The third-order valence-electron chi connectivity index (χ3n) is 4.15. The zero-order valence-corrected chi connectivity index (χ0v) is 15.4. The lowest BCUT2D eigenvalue weighted by atomic mass is 9.97. The van der Waals surface area contributed by atoms with Gasteiger partial charge in [0.05, 0.1) is 5.56 Å². The molecule has 4 nitrogen and oxygen atoms in total. The molecule has 1 aliphatic rings. The van der Waals surface area contributed by atoms with Crippen LogP contribution >= 0.6 is 23.7 Å². The Bertz CT molecular complexity index is 728. The number of halogens is 4. The Kier molecular flexibility index (Phi) is 7.02. The Labute approximate surface area is 159 Å². The molecule has 2 aromatic rings. The summed E-state index contributed by atoms with van der Waals surface area (Å²) in [5.74, 6) is -0.0135. The van der Waals surface area contributed by atoms with Gasteiger partial charge in [0.1, 0.15) is 0 Å². The summed E-state index contributed by atoms with van der Waals surface area (Å²) >= 11 is 1.35. The number of alkyl halides is 3. The quantitative estimate of drug-likeness (QED) is 0.804. The number of carbonyl (C=O) groups excluding carboxylic acids is 1. The molecular weight excluding hydrogens is 387 g/mol. The van der Waals surface area contributed by atoms with Crippen LogP contribution in [0.3, 0.4) is 0 Å². The molecule has 1 aromatic heterocycles. The fraction of sp³-hybridized carbons (Fsp3) is 0.412. The van der Waals surface area contributed by atoms with Crippen molar-refractivity contribution < 1.29 is 18.0 Å². The second-order valence-corrected chi connectivity index (χ2v) is 7.13. The molecule has 0 unspecified atom stereocenters. The third kappa shape index (κ3) is 5.43. The number of hydrogen-bond donors (Lipinski definition) is 2. The van der Waals surface area contributed by atoms with E-state index in [1.807, 2.05) is 0 Å². The minimum absolute atomic E-state index is 0. The van der Waals surface area contributed by atoms with Crippen LogP contribution in [-0.2, 0) is 17.4 Å². The van der Waals surface area contributed by atoms with Crippen molar-refractivity contribution in [1.82, 2.24) is 10.3 Å². The van der Waals surface area contributed by atoms with Gasteiger partial charge in [-0.1, -0.05) is 12.1 Å². The minimum atomic E-state index is -4.32. The monoisotopic (exact) mass is 405 g/mol. The van der Waals surface area contributed by atoms with E-state index in [1.165, 1.54) is 23.5 Å². The van der Waals surface area contributed by atoms with Crippen LogP contribution in [0.4, 0.5) is 18.3 Å². The maximum atomic E-state index is 12.6. The Morgan fingerprint density at radius 2 is 1.88 bits per heavy atom. The molecule has 1 amide bonds. The minimum Gasteiger partial charge on any atom is -0.317 e. The van der Waals surface area contributed by atoms with Gasteiger partial charge in [-0.05, 0) is 43.6 Å². The molecule has 1 saturated heterocycles. The van der Waals surface area contributed by atoms with Gasteiger partial charge >= 0.3 is 6.18 Å². The number of nitrogens with one attached hydrogen (secondary N) is 2. The first-order valence-electron chi connectivity index (χ1n) is 8.04. The molecule has 2 heterocycles. The second kappa shape index (κ2) is 8.83. The van der Waals surface area contributed by atoms with Crippen LogP contribution in [-0.4, -0.2) is 24.0 Å². The largest absolute Gasteiger partial charge is 0.416 e. The number of hydrogen-bond acceptors (Lipinski definition) is 4. The van der Waals surface area contributed by atoms with Gasteiger partial charge in [-0.25, -0.2) is 4.98 Å². The smallest absolute Gasteiger partial charge is 0.317 e. The van der Waals surface area contributed by atoms with E-state index in [9.17, 15) is 18.0 Å². The molecule has 9 heteroatoms. The van der Waals surface area contributed by atoms with Gasteiger partial charge in [0, 0.05) is 23.4 Å². The molecule has 142 valence electrons. The van der Waals surface area contributed by atoms with Gasteiger partial charge in [-0.2, -0.15) is 13.2 Å². The number of rotatable bonds is 4. The van der Waals surface area contributed by atoms with Crippen molar-refractivity contribution >= 4 is 34.8 Å². The molecule has 0 saturated carbocycles. The molecule has 26 heavy (non-hydrogen) atoms. The first-order valence-corrected chi connectivity index (χ1v) is 8.86. The van der Waals surface area contributed by atoms with Gasteiger partial charge in [0.15, 0.2) is 5.13 Å². The van der Waals surface area contributed by atoms with Crippen LogP contribution in [0.5, 0.6) is 0 Å². The molecule has 0 atom stereocenters. The van der Waals surface area contributed by atoms with Crippen LogP contribution in [0.1, 0.15) is 28.8 Å². The summed E-state index contributed by atoms with van der Waals surface area (Å²) in [7, 11) is 0. The topological polar surface area (TPSA) is 54.0 Å². The number of aromatic nitrogens is 1. The van der Waals surface area contributed by atoms with Crippen molar-refractivity contribution in [3.63, 3.8) is 0 Å². The zero-order chi connectivity index (χ0) is 17.9. The number of anilines is 1. The SMILES string of the molecule is Cl.O=C(Nc1ncc(Cc2ccc(C(F)(F)F)cc2)s1)C1CCNCC1. The number of amides is 1. The lowest BCUT2D eigenvalue weighted by Crippen LogP contribution is -2.34. The molecule has 2 N–H and O–H groups in total. The van der Waals surface area contributed by atoms with E-state index in [0.29, 0.717) is 11.6 Å². The standard InChI is InChI=1S/C17H18F3N3OS.ClH/c18-17(19,20)13-3-1-11(2-4-13)9-14-10-22-16(25-14)23-15(24)12-5-7-21-8-6-12;/h1-4,10,12,21H,5-9H2,(H,22,23,24);1H. The fourth-order valence-corrected chi connectivity index (χ4v) is 3.60. The molecular formula is C17H19ClF3N3OS. The van der Waals surface area contributed by atoms with Gasteiger partial charge in [0.25, 0.3) is 0 Å². The lowest BCUT2D eigenvalue weighted by Gasteiger charge is -2.20. The van der Waals surface area contributed by atoms with E-state index in [0.717, 1.165) is 48.5 Å². The van der Waals surface area contributed by atoms with E-state index in [-0.39, 0.29) is 24.2 Å². The van der Waals surface area contributed by atoms with Crippen molar-refractivity contribution in [2.45, 2.75) is 25.4 Å². The molecule has 1 fully saturated rings. The Balaban J connectivity index is 0.00000243. The van der Waals surface area contributed by atoms with E-state index in [1.54, 1.807) is 6.20 Å². The lowest BCUT2D eigenvalue weighted by molar-refractivity contribution is -0.137. The average molecular weight is 406 g/mol. The van der Waals surface area contributed by atoms with Crippen LogP contribution < -0.4 is 10.6 Å². The maximum absolute atomic E-state index is 12.6. The Morgan fingerprint density at radius 3 is 2.50 bits per heavy atom. The molecule has 1 aliphatic heterocycles. The number of piperidine rings is 1. The molecule has 0 bridgehead atoms. The van der Waals surface area contributed by atoms with Crippen LogP contribution in [0, 0.1) is 5.92 Å². The predicted molar refractivity (Wildman–Crippen MR) is 97.8 cm³/mol. The highest BCUT2D eigenvalue weighted by atomic mass is 35.5. The normalized spacial score (nSPS) is 15.3. The molecule has 3 rings (SSSR count). The first kappa shape index (κ1) is 20.7. The van der Waals surface area contributed by atoms with Crippen LogP contribution in [0.25, 0.3) is 0 Å². The highest BCUT2D eigenvalue weighted by Crippen LogP contribution is 2.30. The van der Waals surface area contributed by atoms with Crippen LogP contribution in [0.15, 0.2) is 30.5 Å². The predicted octanol–water partition coefficient (Wildman–Crippen LogP) is 4.11. The third-order valence-corrected chi connectivity index (χ3v) is 5.07. The average Bonchev–Trinajstić information content (AvgIpc) is 3.02. The van der Waals surface area contributed by atoms with Crippen molar-refractivity contribution in [2.24, 2.45) is 5.92 Å². The Hall–Kier alpha value is -1.64. The summed E-state index contributed by atoms with van der Waals surface area (Å²) in [6.45, 7) is 1.68. The van der Waals surface area contributed by atoms with Gasteiger partial charge in [0.2, 0.25) is 5.91 Å². The maximum Gasteiger partial charge on any atom is 0.416 e. The molecule has 0 spiro atoms. The summed E-state index contributed by atoms with van der Waals surface area (Å²) < 4.78 is 37.7. The molecule has 0 aliphatic carbocycles. The van der Waals surface area contributed by atoms with Gasteiger partial charge < -0.3 is 10.6 Å². The highest BCUT2D eigenvalue weighted by Gasteiger charge is 2.30. The van der Waals surface area contributed by atoms with E-state index in [4.69, 9.17) is 0 Å². The molecule has 1 aromatic carbocycles. The summed E-state index contributed by atoms with van der Waals surface area (Å²) in [4.78, 5) is 17.3. The van der Waals surface area contributed by atoms with E-state index >= 15 is 0 Å². The van der Waals surface area contributed by atoms with E-state index < -0.39 is 11.7 Å². The first-order chi connectivity index (χ1) is 11.9. The molecule has 0 radical (unpaired) electrons. The number of carbonyl (C=O) groups is 1. The number of thiazole rings is 1. The fourth-order valence-electron chi connectivity index (χ4n) is 2.75. The summed E-state index contributed by atoms with van der Waals surface area (Å²) in [6, 6.07) is 5.10. The second-order valence-electron chi connectivity index (χ2n) is 6.02. The van der Waals surface area contributed by atoms with Crippen molar-refractivity contribution in [3.8, 4) is 0 Å². The Morgan fingerprint density at radius 1 is 1.23 bits per heavy atom. The van der Waals surface area contributed by atoms with Crippen LogP contribution in [0.2, 0.25) is 0 Å². The number of benzene rings is 1.